The fraction of sp³-hybridized carbons (Fsp3) is 0.538. The molecule has 104 valence electrons. The summed E-state index contributed by atoms with van der Waals surface area (Å²) in [7, 11) is 0. The van der Waals surface area contributed by atoms with Crippen molar-refractivity contribution < 1.29 is 14.3 Å². The second-order valence-electron chi connectivity index (χ2n) is 4.23. The number of Topliss-reactive ketones (excluding diaryl/α,β-unsaturated/α-hetero) is 1. The van der Waals surface area contributed by atoms with Gasteiger partial charge in [-0.15, -0.1) is 23.1 Å². The second kappa shape index (κ2) is 7.07. The molecule has 1 aromatic heterocycles. The molecule has 19 heavy (non-hydrogen) atoms. The fourth-order valence-corrected chi connectivity index (χ4v) is 3.87. The molecular formula is C13H17NO3S2. The minimum atomic E-state index is -0.193. The molecule has 4 nitrogen and oxygen atoms in total. The Labute approximate surface area is 121 Å². The normalized spacial score (nSPS) is 19.5. The Morgan fingerprint density at radius 3 is 3.05 bits per heavy atom. The third-order valence-electron chi connectivity index (χ3n) is 2.95. The van der Waals surface area contributed by atoms with Gasteiger partial charge in [-0.25, -0.2) is 0 Å². The maximum absolute atomic E-state index is 11.9. The van der Waals surface area contributed by atoms with Crippen molar-refractivity contribution in [2.45, 2.75) is 19.4 Å². The number of nitrogens with zero attached hydrogens (tertiary/aromatic N) is 1. The number of rotatable bonds is 6. The highest BCUT2D eigenvalue weighted by Crippen LogP contribution is 2.22. The van der Waals surface area contributed by atoms with E-state index in [1.807, 2.05) is 29.3 Å². The van der Waals surface area contributed by atoms with Crippen LogP contribution in [0.1, 0.15) is 23.0 Å². The van der Waals surface area contributed by atoms with Crippen molar-refractivity contribution in [1.29, 1.82) is 0 Å². The molecule has 1 unspecified atom stereocenters. The first kappa shape index (κ1) is 14.6. The number of hydrogen-bond donors (Lipinski definition) is 0. The first-order chi connectivity index (χ1) is 9.22. The van der Waals surface area contributed by atoms with E-state index in [4.69, 9.17) is 4.74 Å². The Bertz CT molecular complexity index is 433. The minimum Gasteiger partial charge on any atom is -0.465 e. The fourth-order valence-electron chi connectivity index (χ4n) is 1.96. The Hall–Kier alpha value is -0.850. The molecule has 0 radical (unpaired) electrons. The number of carbonyl (C=O) groups excluding carboxylic acids is 2. The summed E-state index contributed by atoms with van der Waals surface area (Å²) >= 11 is 3.17. The van der Waals surface area contributed by atoms with Gasteiger partial charge in [0.25, 0.3) is 0 Å². The first-order valence-corrected chi connectivity index (χ1v) is 8.31. The van der Waals surface area contributed by atoms with Crippen molar-refractivity contribution in [3.63, 3.8) is 0 Å². The molecule has 0 saturated carbocycles. The van der Waals surface area contributed by atoms with Gasteiger partial charge in [0, 0.05) is 24.6 Å². The standard InChI is InChI=1S/C13H17NO3S2/c1-2-17-13(16)10-8-18-9-14(10)6-5-11(15)12-4-3-7-19-12/h3-4,7,10H,2,5-6,8-9H2,1H3. The maximum atomic E-state index is 11.9. The maximum Gasteiger partial charge on any atom is 0.324 e. The number of carbonyl (C=O) groups is 2. The topological polar surface area (TPSA) is 46.6 Å². The zero-order valence-electron chi connectivity index (χ0n) is 10.8. The Morgan fingerprint density at radius 1 is 1.53 bits per heavy atom. The molecule has 0 spiro atoms. The summed E-state index contributed by atoms with van der Waals surface area (Å²) in [4.78, 5) is 26.5. The molecule has 0 amide bonds. The van der Waals surface area contributed by atoms with Gasteiger partial charge in [0.15, 0.2) is 5.78 Å². The van der Waals surface area contributed by atoms with Crippen LogP contribution in [0.5, 0.6) is 0 Å². The largest absolute Gasteiger partial charge is 0.465 e. The lowest BCUT2D eigenvalue weighted by Crippen LogP contribution is -2.40. The highest BCUT2D eigenvalue weighted by molar-refractivity contribution is 7.99. The van der Waals surface area contributed by atoms with E-state index >= 15 is 0 Å². The Balaban J connectivity index is 1.84. The molecule has 1 atom stereocenters. The van der Waals surface area contributed by atoms with E-state index < -0.39 is 0 Å². The van der Waals surface area contributed by atoms with Gasteiger partial charge in [-0.3, -0.25) is 14.5 Å². The van der Waals surface area contributed by atoms with Gasteiger partial charge >= 0.3 is 5.97 Å². The smallest absolute Gasteiger partial charge is 0.324 e. The van der Waals surface area contributed by atoms with Crippen LogP contribution in [-0.2, 0) is 9.53 Å². The average Bonchev–Trinajstić information content (AvgIpc) is 3.07. The van der Waals surface area contributed by atoms with Crippen LogP contribution >= 0.6 is 23.1 Å². The second-order valence-corrected chi connectivity index (χ2v) is 6.18. The summed E-state index contributed by atoms with van der Waals surface area (Å²) in [6.07, 6.45) is 0.455. The van der Waals surface area contributed by atoms with Crippen LogP contribution < -0.4 is 0 Å². The number of esters is 1. The van der Waals surface area contributed by atoms with Gasteiger partial charge < -0.3 is 4.74 Å². The lowest BCUT2D eigenvalue weighted by atomic mass is 10.2. The summed E-state index contributed by atoms with van der Waals surface area (Å²) in [5.41, 5.74) is 0. The summed E-state index contributed by atoms with van der Waals surface area (Å²) in [6.45, 7) is 2.83. The van der Waals surface area contributed by atoms with E-state index in [9.17, 15) is 9.59 Å². The number of hydrogen-bond acceptors (Lipinski definition) is 6. The van der Waals surface area contributed by atoms with Gasteiger partial charge in [-0.1, -0.05) is 6.07 Å². The lowest BCUT2D eigenvalue weighted by molar-refractivity contribution is -0.147. The number of thioether (sulfide) groups is 1. The molecule has 1 aliphatic rings. The summed E-state index contributed by atoms with van der Waals surface area (Å²) < 4.78 is 5.06. The highest BCUT2D eigenvalue weighted by Gasteiger charge is 2.32. The molecule has 0 aromatic carbocycles. The summed E-state index contributed by atoms with van der Waals surface area (Å²) in [5.74, 6) is 1.53. The predicted octanol–water partition coefficient (Wildman–Crippen LogP) is 2.26. The van der Waals surface area contributed by atoms with Crippen LogP contribution in [0.2, 0.25) is 0 Å². The van der Waals surface area contributed by atoms with Gasteiger partial charge in [-0.05, 0) is 18.4 Å². The highest BCUT2D eigenvalue weighted by atomic mass is 32.2. The van der Waals surface area contributed by atoms with Crippen LogP contribution in [0.3, 0.4) is 0 Å². The van der Waals surface area contributed by atoms with Crippen LogP contribution in [0.25, 0.3) is 0 Å². The van der Waals surface area contributed by atoms with E-state index in [1.54, 1.807) is 11.8 Å². The molecular weight excluding hydrogens is 282 g/mol. The molecule has 6 heteroatoms. The number of ether oxygens (including phenoxy) is 1. The van der Waals surface area contributed by atoms with Crippen LogP contribution in [0, 0.1) is 0 Å². The molecule has 2 rings (SSSR count). The van der Waals surface area contributed by atoms with E-state index in [-0.39, 0.29) is 17.8 Å². The van der Waals surface area contributed by atoms with E-state index in [2.05, 4.69) is 0 Å². The third kappa shape index (κ3) is 3.81. The van der Waals surface area contributed by atoms with Gasteiger partial charge in [0.2, 0.25) is 0 Å². The van der Waals surface area contributed by atoms with Gasteiger partial charge in [0.05, 0.1) is 11.5 Å². The van der Waals surface area contributed by atoms with Gasteiger partial charge in [0.1, 0.15) is 6.04 Å². The zero-order valence-corrected chi connectivity index (χ0v) is 12.5. The Morgan fingerprint density at radius 2 is 2.37 bits per heavy atom. The zero-order chi connectivity index (χ0) is 13.7. The van der Waals surface area contributed by atoms with E-state index in [0.29, 0.717) is 19.6 Å². The first-order valence-electron chi connectivity index (χ1n) is 6.27. The van der Waals surface area contributed by atoms with Crippen LogP contribution in [0.4, 0.5) is 0 Å². The van der Waals surface area contributed by atoms with Crippen molar-refractivity contribution in [3.05, 3.63) is 22.4 Å². The molecule has 2 heterocycles. The Kier molecular flexibility index (Phi) is 5.42. The molecule has 0 N–H and O–H groups in total. The van der Waals surface area contributed by atoms with Crippen LogP contribution in [0.15, 0.2) is 17.5 Å². The molecule has 0 aliphatic carbocycles. The van der Waals surface area contributed by atoms with Crippen molar-refractivity contribution in [2.75, 3.05) is 24.8 Å². The van der Waals surface area contributed by atoms with Crippen LogP contribution in [-0.4, -0.2) is 47.5 Å². The van der Waals surface area contributed by atoms with Crippen molar-refractivity contribution in [2.24, 2.45) is 0 Å². The van der Waals surface area contributed by atoms with Crippen molar-refractivity contribution >= 4 is 34.9 Å². The minimum absolute atomic E-state index is 0.148. The van der Waals surface area contributed by atoms with Gasteiger partial charge in [-0.2, -0.15) is 0 Å². The summed E-state index contributed by atoms with van der Waals surface area (Å²) in [6, 6.07) is 3.53. The number of ketones is 1. The quantitative estimate of drug-likeness (QED) is 0.595. The average molecular weight is 299 g/mol. The third-order valence-corrected chi connectivity index (χ3v) is 4.93. The summed E-state index contributed by atoms with van der Waals surface area (Å²) in [5, 5.41) is 1.90. The number of thiophene rings is 1. The molecule has 1 aromatic rings. The van der Waals surface area contributed by atoms with Crippen molar-refractivity contribution in [3.8, 4) is 0 Å². The van der Waals surface area contributed by atoms with E-state index in [0.717, 1.165) is 16.5 Å². The van der Waals surface area contributed by atoms with E-state index in [1.165, 1.54) is 11.3 Å². The molecule has 1 aliphatic heterocycles. The molecule has 1 saturated heterocycles. The predicted molar refractivity (Wildman–Crippen MR) is 77.7 cm³/mol. The molecule has 0 bridgehead atoms. The van der Waals surface area contributed by atoms with Crippen molar-refractivity contribution in [1.82, 2.24) is 4.90 Å². The molecule has 1 fully saturated rings. The SMILES string of the molecule is CCOC(=O)C1CSCN1CCC(=O)c1cccs1. The monoisotopic (exact) mass is 299 g/mol. The lowest BCUT2D eigenvalue weighted by Gasteiger charge is -2.21.